The number of hydrogen-bond acceptors (Lipinski definition) is 6. The molecule has 0 aliphatic heterocycles. The number of aromatic nitrogens is 1. The van der Waals surface area contributed by atoms with Crippen LogP contribution >= 0.6 is 0 Å². The number of primary amides is 1. The number of nitrogens with one attached hydrogen (secondary N) is 3. The van der Waals surface area contributed by atoms with Gasteiger partial charge in [0.05, 0.1) is 11.1 Å². The van der Waals surface area contributed by atoms with E-state index in [2.05, 4.69) is 27.0 Å². The molecule has 0 aliphatic carbocycles. The molecule has 0 unspecified atom stereocenters. The third-order valence-corrected chi connectivity index (χ3v) is 4.40. The fraction of sp³-hybridized carbons (Fsp3) is 0.130. The molecule has 8 heteroatoms. The maximum absolute atomic E-state index is 12.0. The van der Waals surface area contributed by atoms with E-state index >= 15 is 0 Å². The predicted molar refractivity (Wildman–Crippen MR) is 120 cm³/mol. The summed E-state index contributed by atoms with van der Waals surface area (Å²) in [5.74, 6) is -0.339. The molecular weight excluding hydrogens is 392 g/mol. The Morgan fingerprint density at radius 3 is 2.45 bits per heavy atom. The molecule has 5 N–H and O–H groups in total. The number of carbonyl (C=O) groups excluding carboxylic acids is 2. The maximum Gasteiger partial charge on any atom is 0.252 e. The van der Waals surface area contributed by atoms with Crippen molar-refractivity contribution >= 4 is 34.8 Å². The normalized spacial score (nSPS) is 10.1. The molecule has 0 radical (unpaired) electrons. The van der Waals surface area contributed by atoms with Crippen molar-refractivity contribution in [3.05, 3.63) is 77.4 Å². The summed E-state index contributed by atoms with van der Waals surface area (Å²) in [5, 5.41) is 18.4. The number of rotatable bonds is 8. The Balaban J connectivity index is 1.86. The molecule has 0 aliphatic rings. The van der Waals surface area contributed by atoms with Crippen LogP contribution in [0.25, 0.3) is 0 Å². The summed E-state index contributed by atoms with van der Waals surface area (Å²) in [6.07, 6.45) is 0.743. The molecule has 0 spiro atoms. The van der Waals surface area contributed by atoms with E-state index in [0.717, 1.165) is 12.0 Å². The second kappa shape index (κ2) is 9.89. The molecule has 0 saturated carbocycles. The smallest absolute Gasteiger partial charge is 0.252 e. The topological polar surface area (TPSA) is 133 Å². The Kier molecular flexibility index (Phi) is 6.81. The summed E-state index contributed by atoms with van der Waals surface area (Å²) in [7, 11) is 0. The van der Waals surface area contributed by atoms with Gasteiger partial charge in [-0.25, -0.2) is 4.98 Å². The number of nitrogens with two attached hydrogens (primary N) is 1. The Morgan fingerprint density at radius 1 is 1.03 bits per heavy atom. The standard InChI is InChI=1S/C23H22N6O2/c1-15(30)27-18-8-5-9-19(13-18)28-23-20(21(25)31)12-17(14-24)22(29-23)26-11-10-16-6-3-2-4-7-16/h2-9,12-13H,10-11H2,1H3,(H2,25,31)(H,27,30)(H2,26,28,29). The largest absolute Gasteiger partial charge is 0.369 e. The number of pyridine rings is 1. The lowest BCUT2D eigenvalue weighted by Gasteiger charge is -2.14. The minimum Gasteiger partial charge on any atom is -0.369 e. The first-order valence-corrected chi connectivity index (χ1v) is 9.63. The molecule has 31 heavy (non-hydrogen) atoms. The van der Waals surface area contributed by atoms with Gasteiger partial charge in [-0.2, -0.15) is 5.26 Å². The van der Waals surface area contributed by atoms with Gasteiger partial charge in [-0.1, -0.05) is 36.4 Å². The van der Waals surface area contributed by atoms with Crippen molar-refractivity contribution in [2.24, 2.45) is 5.73 Å². The highest BCUT2D eigenvalue weighted by Gasteiger charge is 2.16. The monoisotopic (exact) mass is 414 g/mol. The third kappa shape index (κ3) is 5.81. The lowest BCUT2D eigenvalue weighted by Crippen LogP contribution is -2.17. The number of nitriles is 1. The summed E-state index contributed by atoms with van der Waals surface area (Å²) in [6.45, 7) is 1.97. The van der Waals surface area contributed by atoms with Crippen molar-refractivity contribution in [3.8, 4) is 6.07 Å². The molecule has 2 aromatic carbocycles. The van der Waals surface area contributed by atoms with E-state index in [9.17, 15) is 14.9 Å². The molecule has 8 nitrogen and oxygen atoms in total. The molecular formula is C23H22N6O2. The molecule has 1 aromatic heterocycles. The van der Waals surface area contributed by atoms with Crippen molar-refractivity contribution in [2.45, 2.75) is 13.3 Å². The number of hydrogen-bond donors (Lipinski definition) is 4. The van der Waals surface area contributed by atoms with Gasteiger partial charge in [0.2, 0.25) is 5.91 Å². The van der Waals surface area contributed by atoms with Gasteiger partial charge < -0.3 is 21.7 Å². The van der Waals surface area contributed by atoms with E-state index in [-0.39, 0.29) is 22.9 Å². The zero-order valence-corrected chi connectivity index (χ0v) is 17.0. The summed E-state index contributed by atoms with van der Waals surface area (Å²) in [6, 6.07) is 20.3. The molecule has 0 fully saturated rings. The van der Waals surface area contributed by atoms with Crippen LogP contribution in [0.1, 0.15) is 28.4 Å². The minimum atomic E-state index is -0.708. The lowest BCUT2D eigenvalue weighted by atomic mass is 10.1. The van der Waals surface area contributed by atoms with E-state index < -0.39 is 5.91 Å². The van der Waals surface area contributed by atoms with Crippen molar-refractivity contribution in [1.29, 1.82) is 5.26 Å². The highest BCUT2D eigenvalue weighted by molar-refractivity contribution is 5.99. The Morgan fingerprint density at radius 2 is 1.77 bits per heavy atom. The quantitative estimate of drug-likeness (QED) is 0.446. The van der Waals surface area contributed by atoms with Gasteiger partial charge in [-0.15, -0.1) is 0 Å². The SMILES string of the molecule is CC(=O)Nc1cccc(Nc2nc(NCCc3ccccc3)c(C#N)cc2C(N)=O)c1. The summed E-state index contributed by atoms with van der Waals surface area (Å²) >= 11 is 0. The first-order valence-electron chi connectivity index (χ1n) is 9.63. The molecule has 1 heterocycles. The Labute approximate surface area is 180 Å². The second-order valence-electron chi connectivity index (χ2n) is 6.81. The van der Waals surface area contributed by atoms with E-state index in [0.29, 0.717) is 23.7 Å². The van der Waals surface area contributed by atoms with Gasteiger partial charge in [0.15, 0.2) is 0 Å². The van der Waals surface area contributed by atoms with Crippen LogP contribution in [0.15, 0.2) is 60.7 Å². The minimum absolute atomic E-state index is 0.0927. The number of amides is 2. The summed E-state index contributed by atoms with van der Waals surface area (Å²) < 4.78 is 0. The first kappa shape index (κ1) is 21.3. The molecule has 156 valence electrons. The molecule has 3 aromatic rings. The van der Waals surface area contributed by atoms with Crippen LogP contribution in [-0.2, 0) is 11.2 Å². The molecule has 3 rings (SSSR count). The van der Waals surface area contributed by atoms with Crippen molar-refractivity contribution in [3.63, 3.8) is 0 Å². The lowest BCUT2D eigenvalue weighted by molar-refractivity contribution is -0.114. The maximum atomic E-state index is 12.0. The summed E-state index contributed by atoms with van der Waals surface area (Å²) in [4.78, 5) is 27.7. The molecule has 0 saturated heterocycles. The van der Waals surface area contributed by atoms with Gasteiger partial charge in [-0.05, 0) is 36.2 Å². The second-order valence-corrected chi connectivity index (χ2v) is 6.81. The summed E-state index contributed by atoms with van der Waals surface area (Å²) in [5.41, 5.74) is 8.16. The van der Waals surface area contributed by atoms with Crippen LogP contribution < -0.4 is 21.7 Å². The number of nitrogens with zero attached hydrogens (tertiary/aromatic N) is 2. The van der Waals surface area contributed by atoms with E-state index in [1.54, 1.807) is 24.3 Å². The van der Waals surface area contributed by atoms with Crippen LogP contribution in [0, 0.1) is 11.3 Å². The fourth-order valence-electron chi connectivity index (χ4n) is 3.00. The first-order chi connectivity index (χ1) is 15.0. The van der Waals surface area contributed by atoms with Crippen molar-refractivity contribution < 1.29 is 9.59 Å². The van der Waals surface area contributed by atoms with E-state index in [1.165, 1.54) is 13.0 Å². The van der Waals surface area contributed by atoms with Crippen LogP contribution in [0.5, 0.6) is 0 Å². The molecule has 0 bridgehead atoms. The predicted octanol–water partition coefficient (Wildman–Crippen LogP) is 3.41. The Hall–Kier alpha value is -4.38. The van der Waals surface area contributed by atoms with Crippen molar-refractivity contribution in [2.75, 3.05) is 22.5 Å². The highest BCUT2D eigenvalue weighted by Crippen LogP contribution is 2.25. The number of anilines is 4. The fourth-order valence-corrected chi connectivity index (χ4v) is 3.00. The van der Waals surface area contributed by atoms with Gasteiger partial charge in [0.1, 0.15) is 17.7 Å². The third-order valence-electron chi connectivity index (χ3n) is 4.40. The van der Waals surface area contributed by atoms with Gasteiger partial charge in [0.25, 0.3) is 5.91 Å². The van der Waals surface area contributed by atoms with E-state index in [4.69, 9.17) is 5.73 Å². The van der Waals surface area contributed by atoms with Gasteiger partial charge in [-0.3, -0.25) is 9.59 Å². The zero-order chi connectivity index (χ0) is 22.2. The zero-order valence-electron chi connectivity index (χ0n) is 17.0. The Bertz CT molecular complexity index is 1140. The van der Waals surface area contributed by atoms with Crippen LogP contribution in [0.2, 0.25) is 0 Å². The van der Waals surface area contributed by atoms with Crippen LogP contribution in [0.4, 0.5) is 23.0 Å². The van der Waals surface area contributed by atoms with E-state index in [1.807, 2.05) is 30.3 Å². The van der Waals surface area contributed by atoms with Crippen LogP contribution in [0.3, 0.4) is 0 Å². The van der Waals surface area contributed by atoms with Crippen LogP contribution in [-0.4, -0.2) is 23.3 Å². The molecule has 0 atom stereocenters. The van der Waals surface area contributed by atoms with Gasteiger partial charge in [0, 0.05) is 24.8 Å². The van der Waals surface area contributed by atoms with Crippen molar-refractivity contribution in [1.82, 2.24) is 4.98 Å². The average Bonchev–Trinajstić information content (AvgIpc) is 2.74. The number of carbonyl (C=O) groups is 2. The number of benzene rings is 2. The average molecular weight is 414 g/mol. The van der Waals surface area contributed by atoms with Gasteiger partial charge >= 0.3 is 0 Å². The molecule has 2 amide bonds. The highest BCUT2D eigenvalue weighted by atomic mass is 16.1.